The molecule has 1 amide bonds. The largest absolute Gasteiger partial charge is 0.325 e. The number of rotatable bonds is 4. The fourth-order valence-electron chi connectivity index (χ4n) is 1.88. The van der Waals surface area contributed by atoms with Gasteiger partial charge in [0, 0.05) is 16.2 Å². The molecule has 0 bridgehead atoms. The van der Waals surface area contributed by atoms with Gasteiger partial charge in [0.1, 0.15) is 0 Å². The normalized spacial score (nSPS) is 16.5. The maximum atomic E-state index is 11.7. The lowest BCUT2D eigenvalue weighted by atomic mass is 10.1. The highest BCUT2D eigenvalue weighted by atomic mass is 79.9. The first-order chi connectivity index (χ1) is 8.74. The first kappa shape index (κ1) is 13.9. The third kappa shape index (κ3) is 4.63. The monoisotopic (exact) mass is 328 g/mol. The number of carbonyl (C=O) groups is 1. The van der Waals surface area contributed by atoms with Crippen molar-refractivity contribution in [3.63, 3.8) is 0 Å². The molecule has 2 rings (SSSR count). The maximum absolute atomic E-state index is 11.7. The quantitative estimate of drug-likeness (QED) is 0.892. The molecule has 98 valence electrons. The van der Waals surface area contributed by atoms with Crippen molar-refractivity contribution >= 4 is 39.3 Å². The molecule has 0 atom stereocenters. The summed E-state index contributed by atoms with van der Waals surface area (Å²) in [5.74, 6) is 2.42. The van der Waals surface area contributed by atoms with Gasteiger partial charge in [-0.1, -0.05) is 15.9 Å². The third-order valence-electron chi connectivity index (χ3n) is 2.90. The summed E-state index contributed by atoms with van der Waals surface area (Å²) in [6.07, 6.45) is 2.33. The van der Waals surface area contributed by atoms with Crippen molar-refractivity contribution in [3.8, 4) is 0 Å². The van der Waals surface area contributed by atoms with E-state index in [1.54, 1.807) is 0 Å². The van der Waals surface area contributed by atoms with E-state index < -0.39 is 0 Å². The second-order valence-corrected chi connectivity index (χ2v) is 6.46. The van der Waals surface area contributed by atoms with Gasteiger partial charge in [0.05, 0.1) is 6.54 Å². The lowest BCUT2D eigenvalue weighted by Crippen LogP contribution is -2.38. The first-order valence-corrected chi connectivity index (χ1v) is 8.05. The molecule has 1 heterocycles. The Kier molecular flexibility index (Phi) is 5.53. The van der Waals surface area contributed by atoms with Crippen molar-refractivity contribution in [2.24, 2.45) is 0 Å². The van der Waals surface area contributed by atoms with Crippen LogP contribution in [0.1, 0.15) is 12.8 Å². The van der Waals surface area contributed by atoms with E-state index in [1.165, 1.54) is 11.5 Å². The average molecular weight is 329 g/mol. The number of carbonyl (C=O) groups excluding carboxylic acids is 1. The SMILES string of the molecule is O=C(CNC1CCSCC1)Nc1ccc(Br)cc1. The van der Waals surface area contributed by atoms with Crippen LogP contribution in [0.4, 0.5) is 5.69 Å². The average Bonchev–Trinajstić information content (AvgIpc) is 2.40. The summed E-state index contributed by atoms with van der Waals surface area (Å²) in [7, 11) is 0. The first-order valence-electron chi connectivity index (χ1n) is 6.10. The molecule has 0 spiro atoms. The Hall–Kier alpha value is -0.520. The van der Waals surface area contributed by atoms with Gasteiger partial charge in [0.25, 0.3) is 0 Å². The van der Waals surface area contributed by atoms with Crippen LogP contribution < -0.4 is 10.6 Å². The maximum Gasteiger partial charge on any atom is 0.238 e. The zero-order valence-corrected chi connectivity index (χ0v) is 12.5. The van der Waals surface area contributed by atoms with Crippen LogP contribution in [-0.4, -0.2) is 30.0 Å². The Bertz CT molecular complexity index is 390. The Labute approximate surface area is 120 Å². The van der Waals surface area contributed by atoms with Gasteiger partial charge in [-0.25, -0.2) is 0 Å². The minimum Gasteiger partial charge on any atom is -0.325 e. The predicted molar refractivity (Wildman–Crippen MR) is 81.1 cm³/mol. The second kappa shape index (κ2) is 7.16. The minimum atomic E-state index is 0.0237. The Morgan fingerprint density at radius 1 is 1.28 bits per heavy atom. The number of hydrogen-bond acceptors (Lipinski definition) is 3. The van der Waals surface area contributed by atoms with Crippen molar-refractivity contribution < 1.29 is 4.79 Å². The molecule has 0 saturated carbocycles. The van der Waals surface area contributed by atoms with E-state index in [1.807, 2.05) is 36.0 Å². The molecule has 1 fully saturated rings. The number of nitrogens with one attached hydrogen (secondary N) is 2. The second-order valence-electron chi connectivity index (χ2n) is 4.32. The summed E-state index contributed by atoms with van der Waals surface area (Å²) in [6.45, 7) is 0.394. The Morgan fingerprint density at radius 3 is 2.61 bits per heavy atom. The molecule has 0 aromatic heterocycles. The van der Waals surface area contributed by atoms with Gasteiger partial charge in [-0.2, -0.15) is 11.8 Å². The molecular weight excluding hydrogens is 312 g/mol. The van der Waals surface area contributed by atoms with Crippen LogP contribution in [0.25, 0.3) is 0 Å². The number of thioether (sulfide) groups is 1. The highest BCUT2D eigenvalue weighted by Crippen LogP contribution is 2.17. The van der Waals surface area contributed by atoms with Crippen molar-refractivity contribution in [1.82, 2.24) is 5.32 Å². The number of anilines is 1. The van der Waals surface area contributed by atoms with Gasteiger partial charge in [-0.05, 0) is 48.6 Å². The van der Waals surface area contributed by atoms with Gasteiger partial charge in [0.15, 0.2) is 0 Å². The van der Waals surface area contributed by atoms with Crippen LogP contribution in [0, 0.1) is 0 Å². The van der Waals surface area contributed by atoms with Crippen LogP contribution in [0.15, 0.2) is 28.7 Å². The van der Waals surface area contributed by atoms with E-state index in [2.05, 4.69) is 26.6 Å². The Balaban J connectivity index is 1.73. The van der Waals surface area contributed by atoms with E-state index in [4.69, 9.17) is 0 Å². The van der Waals surface area contributed by atoms with E-state index in [-0.39, 0.29) is 5.91 Å². The van der Waals surface area contributed by atoms with Crippen molar-refractivity contribution in [2.45, 2.75) is 18.9 Å². The summed E-state index contributed by atoms with van der Waals surface area (Å²) in [5.41, 5.74) is 0.837. The molecule has 1 saturated heterocycles. The molecule has 0 aliphatic carbocycles. The summed E-state index contributed by atoms with van der Waals surface area (Å²) < 4.78 is 1.01. The molecule has 0 radical (unpaired) electrons. The molecule has 18 heavy (non-hydrogen) atoms. The number of hydrogen-bond donors (Lipinski definition) is 2. The van der Waals surface area contributed by atoms with Crippen molar-refractivity contribution in [1.29, 1.82) is 0 Å². The molecular formula is C13H17BrN2OS. The predicted octanol–water partition coefficient (Wildman–Crippen LogP) is 2.87. The van der Waals surface area contributed by atoms with Crippen LogP contribution in [0.2, 0.25) is 0 Å². The van der Waals surface area contributed by atoms with Crippen LogP contribution >= 0.6 is 27.7 Å². The highest BCUT2D eigenvalue weighted by Gasteiger charge is 2.14. The van der Waals surface area contributed by atoms with Crippen molar-refractivity contribution in [3.05, 3.63) is 28.7 Å². The van der Waals surface area contributed by atoms with E-state index in [0.717, 1.165) is 23.0 Å². The van der Waals surface area contributed by atoms with Crippen LogP contribution in [0.5, 0.6) is 0 Å². The molecule has 5 heteroatoms. The molecule has 0 unspecified atom stereocenters. The summed E-state index contributed by atoms with van der Waals surface area (Å²) in [6, 6.07) is 8.11. The lowest BCUT2D eigenvalue weighted by molar-refractivity contribution is -0.115. The van der Waals surface area contributed by atoms with Crippen LogP contribution in [-0.2, 0) is 4.79 Å². The van der Waals surface area contributed by atoms with Gasteiger partial charge < -0.3 is 10.6 Å². The number of benzene rings is 1. The lowest BCUT2D eigenvalue weighted by Gasteiger charge is -2.22. The molecule has 1 aliphatic rings. The standard InChI is InChI=1S/C13H17BrN2OS/c14-10-1-3-12(4-2-10)16-13(17)9-15-11-5-7-18-8-6-11/h1-4,11,15H,5-9H2,(H,16,17). The van der Waals surface area contributed by atoms with E-state index in [0.29, 0.717) is 12.6 Å². The van der Waals surface area contributed by atoms with E-state index >= 15 is 0 Å². The zero-order chi connectivity index (χ0) is 12.8. The smallest absolute Gasteiger partial charge is 0.238 e. The zero-order valence-electron chi connectivity index (χ0n) is 10.1. The van der Waals surface area contributed by atoms with Crippen LogP contribution in [0.3, 0.4) is 0 Å². The van der Waals surface area contributed by atoms with Crippen molar-refractivity contribution in [2.75, 3.05) is 23.4 Å². The number of halogens is 1. The fourth-order valence-corrected chi connectivity index (χ4v) is 3.25. The van der Waals surface area contributed by atoms with Gasteiger partial charge in [-0.3, -0.25) is 4.79 Å². The van der Waals surface area contributed by atoms with Gasteiger partial charge >= 0.3 is 0 Å². The third-order valence-corrected chi connectivity index (χ3v) is 4.48. The summed E-state index contributed by atoms with van der Waals surface area (Å²) in [5, 5.41) is 6.20. The molecule has 1 aliphatic heterocycles. The molecule has 1 aromatic rings. The number of amides is 1. The molecule has 3 nitrogen and oxygen atoms in total. The Morgan fingerprint density at radius 2 is 1.94 bits per heavy atom. The van der Waals surface area contributed by atoms with Gasteiger partial charge in [0.2, 0.25) is 5.91 Å². The highest BCUT2D eigenvalue weighted by molar-refractivity contribution is 9.10. The topological polar surface area (TPSA) is 41.1 Å². The summed E-state index contributed by atoms with van der Waals surface area (Å²) >= 11 is 5.36. The van der Waals surface area contributed by atoms with E-state index in [9.17, 15) is 4.79 Å². The fraction of sp³-hybridized carbons (Fsp3) is 0.462. The van der Waals surface area contributed by atoms with Gasteiger partial charge in [-0.15, -0.1) is 0 Å². The minimum absolute atomic E-state index is 0.0237. The summed E-state index contributed by atoms with van der Waals surface area (Å²) in [4.78, 5) is 11.7. The molecule has 2 N–H and O–H groups in total. The molecule has 1 aromatic carbocycles.